The van der Waals surface area contributed by atoms with Gasteiger partial charge in [-0.25, -0.2) is 8.78 Å². The van der Waals surface area contributed by atoms with Gasteiger partial charge in [-0.05, 0) is 49.2 Å². The van der Waals surface area contributed by atoms with E-state index in [0.717, 1.165) is 12.8 Å². The summed E-state index contributed by atoms with van der Waals surface area (Å²) in [6, 6.07) is 12.1. The number of hydrogen-bond donors (Lipinski definition) is 0. The molecule has 1 aliphatic rings. The van der Waals surface area contributed by atoms with Crippen LogP contribution in [0.2, 0.25) is 0 Å². The molecule has 1 saturated heterocycles. The summed E-state index contributed by atoms with van der Waals surface area (Å²) in [5.74, 6) is -0.899. The lowest BCUT2D eigenvalue weighted by Gasteiger charge is -2.33. The van der Waals surface area contributed by atoms with E-state index in [2.05, 4.69) is 9.97 Å². The number of carbonyl (C=O) groups excluding carboxylic acids is 1. The van der Waals surface area contributed by atoms with Gasteiger partial charge >= 0.3 is 0 Å². The van der Waals surface area contributed by atoms with Crippen LogP contribution in [0.1, 0.15) is 34.8 Å². The number of hydrogen-bond acceptors (Lipinski definition) is 3. The first-order chi connectivity index (χ1) is 13.6. The predicted molar refractivity (Wildman–Crippen MR) is 102 cm³/mol. The maximum absolute atomic E-state index is 14.3. The summed E-state index contributed by atoms with van der Waals surface area (Å²) < 4.78 is 27.5. The minimum atomic E-state index is -0.373. The summed E-state index contributed by atoms with van der Waals surface area (Å²) in [6.07, 6.45) is 4.80. The minimum Gasteiger partial charge on any atom is -0.338 e. The molecule has 0 spiro atoms. The van der Waals surface area contributed by atoms with Gasteiger partial charge in [0.1, 0.15) is 11.6 Å². The van der Waals surface area contributed by atoms with Gasteiger partial charge in [-0.2, -0.15) is 0 Å². The first kappa shape index (κ1) is 18.2. The Hall–Kier alpha value is -3.15. The molecule has 0 unspecified atom stereocenters. The van der Waals surface area contributed by atoms with Crippen LogP contribution in [0.3, 0.4) is 0 Å². The van der Waals surface area contributed by atoms with Crippen LogP contribution >= 0.6 is 0 Å². The Labute approximate surface area is 161 Å². The predicted octanol–water partition coefficient (Wildman–Crippen LogP) is 4.44. The molecule has 1 amide bonds. The van der Waals surface area contributed by atoms with E-state index >= 15 is 0 Å². The molecular weight excluding hydrogens is 360 g/mol. The van der Waals surface area contributed by atoms with Crippen molar-refractivity contribution >= 4 is 5.91 Å². The third-order valence-electron chi connectivity index (χ3n) is 5.04. The molecular formula is C22H19F2N3O. The lowest BCUT2D eigenvalue weighted by atomic mass is 9.91. The van der Waals surface area contributed by atoms with Crippen molar-refractivity contribution in [3.8, 4) is 11.3 Å². The Morgan fingerprint density at radius 1 is 1.00 bits per heavy atom. The summed E-state index contributed by atoms with van der Waals surface area (Å²) in [6.45, 7) is 1.10. The second-order valence-electron chi connectivity index (χ2n) is 6.87. The van der Waals surface area contributed by atoms with Gasteiger partial charge in [-0.3, -0.25) is 14.8 Å². The molecule has 4 nitrogen and oxygen atoms in total. The molecule has 0 N–H and O–H groups in total. The number of amides is 1. The van der Waals surface area contributed by atoms with E-state index < -0.39 is 0 Å². The van der Waals surface area contributed by atoms with Crippen molar-refractivity contribution in [1.29, 1.82) is 0 Å². The van der Waals surface area contributed by atoms with Crippen molar-refractivity contribution in [3.63, 3.8) is 0 Å². The van der Waals surface area contributed by atoms with Crippen LogP contribution in [0, 0.1) is 11.6 Å². The number of carbonyl (C=O) groups is 1. The summed E-state index contributed by atoms with van der Waals surface area (Å²) >= 11 is 0. The molecule has 0 saturated carbocycles. The zero-order valence-electron chi connectivity index (χ0n) is 15.2. The summed E-state index contributed by atoms with van der Waals surface area (Å²) in [7, 11) is 0. The zero-order chi connectivity index (χ0) is 19.5. The lowest BCUT2D eigenvalue weighted by molar-refractivity contribution is 0.0706. The molecule has 1 aliphatic heterocycles. The molecule has 28 heavy (non-hydrogen) atoms. The number of rotatable bonds is 3. The average molecular weight is 379 g/mol. The van der Waals surface area contributed by atoms with Crippen LogP contribution in [0.5, 0.6) is 0 Å². The van der Waals surface area contributed by atoms with Crippen molar-refractivity contribution in [1.82, 2.24) is 14.9 Å². The molecule has 1 atom stereocenters. The van der Waals surface area contributed by atoms with E-state index in [9.17, 15) is 13.6 Å². The number of halogens is 2. The fraction of sp³-hybridized carbons (Fsp3) is 0.227. The standard InChI is InChI=1S/C22H19F2N3O/c23-17-9-7-15(8-10-17)22(28)27-13-3-4-16(14-27)20-21(26-12-11-25-20)18-5-1-2-6-19(18)24/h1-2,5-12,16H,3-4,13-14H2/t16-/m1/s1. The number of aromatic nitrogens is 2. The summed E-state index contributed by atoms with van der Waals surface area (Å²) in [5.41, 5.74) is 2.08. The van der Waals surface area contributed by atoms with Gasteiger partial charge in [0, 0.05) is 42.5 Å². The van der Waals surface area contributed by atoms with Crippen LogP contribution in [0.15, 0.2) is 60.9 Å². The van der Waals surface area contributed by atoms with Crippen LogP contribution in [0.4, 0.5) is 8.78 Å². The second kappa shape index (κ2) is 7.84. The normalized spacial score (nSPS) is 16.8. The first-order valence-electron chi connectivity index (χ1n) is 9.24. The van der Waals surface area contributed by atoms with Crippen LogP contribution < -0.4 is 0 Å². The highest BCUT2D eigenvalue weighted by Crippen LogP contribution is 2.33. The quantitative estimate of drug-likeness (QED) is 0.676. The fourth-order valence-corrected chi connectivity index (χ4v) is 3.67. The first-order valence-corrected chi connectivity index (χ1v) is 9.24. The third kappa shape index (κ3) is 3.63. The summed E-state index contributed by atoms with van der Waals surface area (Å²) in [5, 5.41) is 0. The van der Waals surface area contributed by atoms with Crippen LogP contribution in [-0.4, -0.2) is 33.9 Å². The van der Waals surface area contributed by atoms with E-state index in [4.69, 9.17) is 0 Å². The fourth-order valence-electron chi connectivity index (χ4n) is 3.67. The van der Waals surface area contributed by atoms with Crippen LogP contribution in [0.25, 0.3) is 11.3 Å². The highest BCUT2D eigenvalue weighted by atomic mass is 19.1. The van der Waals surface area contributed by atoms with Crippen molar-refractivity contribution in [2.45, 2.75) is 18.8 Å². The average Bonchev–Trinajstić information content (AvgIpc) is 2.74. The van der Waals surface area contributed by atoms with Crippen molar-refractivity contribution in [2.75, 3.05) is 13.1 Å². The molecule has 4 rings (SSSR count). The van der Waals surface area contributed by atoms with Gasteiger partial charge in [0.15, 0.2) is 0 Å². The molecule has 1 fully saturated rings. The van der Waals surface area contributed by atoms with Crippen LogP contribution in [-0.2, 0) is 0 Å². The Morgan fingerprint density at radius 2 is 1.75 bits per heavy atom. The van der Waals surface area contributed by atoms with Crippen molar-refractivity contribution in [3.05, 3.63) is 83.8 Å². The number of likely N-dealkylation sites (tertiary alicyclic amines) is 1. The van der Waals surface area contributed by atoms with E-state index in [1.165, 1.54) is 30.3 Å². The van der Waals surface area contributed by atoms with E-state index in [0.29, 0.717) is 35.6 Å². The number of piperidine rings is 1. The van der Waals surface area contributed by atoms with Gasteiger partial charge in [0.25, 0.3) is 5.91 Å². The van der Waals surface area contributed by atoms with Gasteiger partial charge in [0.05, 0.1) is 11.4 Å². The second-order valence-corrected chi connectivity index (χ2v) is 6.87. The highest BCUT2D eigenvalue weighted by Gasteiger charge is 2.29. The molecule has 0 aliphatic carbocycles. The highest BCUT2D eigenvalue weighted by molar-refractivity contribution is 5.94. The van der Waals surface area contributed by atoms with Gasteiger partial charge in [-0.1, -0.05) is 12.1 Å². The van der Waals surface area contributed by atoms with E-state index in [-0.39, 0.29) is 23.5 Å². The topological polar surface area (TPSA) is 46.1 Å². The minimum absolute atomic E-state index is 0.0403. The Morgan fingerprint density at radius 3 is 2.54 bits per heavy atom. The summed E-state index contributed by atoms with van der Waals surface area (Å²) in [4.78, 5) is 23.4. The Bertz CT molecular complexity index is 991. The maximum atomic E-state index is 14.3. The van der Waals surface area contributed by atoms with Gasteiger partial charge in [0.2, 0.25) is 0 Å². The van der Waals surface area contributed by atoms with E-state index in [1.807, 2.05) is 0 Å². The zero-order valence-corrected chi connectivity index (χ0v) is 15.2. The molecule has 2 aromatic carbocycles. The molecule has 2 heterocycles. The smallest absolute Gasteiger partial charge is 0.253 e. The lowest BCUT2D eigenvalue weighted by Crippen LogP contribution is -2.39. The number of nitrogens with zero attached hydrogens (tertiary/aromatic N) is 3. The van der Waals surface area contributed by atoms with Gasteiger partial charge in [-0.15, -0.1) is 0 Å². The Kier molecular flexibility index (Phi) is 5.10. The molecule has 142 valence electrons. The molecule has 0 bridgehead atoms. The van der Waals surface area contributed by atoms with E-state index in [1.54, 1.807) is 35.5 Å². The number of benzene rings is 2. The molecule has 3 aromatic rings. The molecule has 6 heteroatoms. The Balaban J connectivity index is 1.61. The maximum Gasteiger partial charge on any atom is 0.253 e. The van der Waals surface area contributed by atoms with Crippen molar-refractivity contribution in [2.24, 2.45) is 0 Å². The molecule has 1 aromatic heterocycles. The van der Waals surface area contributed by atoms with Gasteiger partial charge < -0.3 is 4.90 Å². The molecule has 0 radical (unpaired) electrons. The largest absolute Gasteiger partial charge is 0.338 e. The monoisotopic (exact) mass is 379 g/mol. The van der Waals surface area contributed by atoms with Crippen molar-refractivity contribution < 1.29 is 13.6 Å². The third-order valence-corrected chi connectivity index (χ3v) is 5.04. The SMILES string of the molecule is O=C(c1ccc(F)cc1)N1CCC[C@@H](c2nccnc2-c2ccccc2F)C1.